The number of thiazole rings is 1. The van der Waals surface area contributed by atoms with E-state index in [-0.39, 0.29) is 17.2 Å². The summed E-state index contributed by atoms with van der Waals surface area (Å²) >= 11 is 7.78. The number of para-hydroxylation sites is 1. The van der Waals surface area contributed by atoms with Gasteiger partial charge >= 0.3 is 0 Å². The number of allylic oxidation sites excluding steroid dienone is 1. The molecule has 1 saturated heterocycles. The van der Waals surface area contributed by atoms with Crippen molar-refractivity contribution in [3.8, 4) is 6.07 Å². The van der Waals surface area contributed by atoms with Crippen molar-refractivity contribution in [2.45, 2.75) is 0 Å². The minimum atomic E-state index is -0.487. The number of rotatable bonds is 4. The van der Waals surface area contributed by atoms with Gasteiger partial charge in [0.25, 0.3) is 11.6 Å². The molecular formula is C20H10N4O3S3. The Morgan fingerprint density at radius 1 is 1.23 bits per heavy atom. The van der Waals surface area contributed by atoms with Crippen LogP contribution in [0.2, 0.25) is 0 Å². The maximum absolute atomic E-state index is 12.8. The zero-order valence-electron chi connectivity index (χ0n) is 15.0. The van der Waals surface area contributed by atoms with E-state index in [1.165, 1.54) is 34.6 Å². The molecule has 146 valence electrons. The van der Waals surface area contributed by atoms with E-state index in [9.17, 15) is 20.2 Å². The van der Waals surface area contributed by atoms with E-state index in [2.05, 4.69) is 11.1 Å². The molecular weight excluding hydrogens is 440 g/mol. The highest BCUT2D eigenvalue weighted by molar-refractivity contribution is 8.26. The van der Waals surface area contributed by atoms with Gasteiger partial charge in [-0.2, -0.15) is 5.26 Å². The van der Waals surface area contributed by atoms with Crippen molar-refractivity contribution in [1.29, 1.82) is 5.26 Å². The van der Waals surface area contributed by atoms with E-state index in [1.807, 2.05) is 24.3 Å². The van der Waals surface area contributed by atoms with Crippen molar-refractivity contribution < 1.29 is 9.72 Å². The molecule has 1 aliphatic rings. The summed E-state index contributed by atoms with van der Waals surface area (Å²) in [7, 11) is 0. The number of thioether (sulfide) groups is 1. The third-order valence-corrected chi connectivity index (χ3v) is 6.53. The molecule has 7 nitrogen and oxygen atoms in total. The molecule has 1 aromatic heterocycles. The molecule has 0 unspecified atom stereocenters. The van der Waals surface area contributed by atoms with E-state index >= 15 is 0 Å². The number of benzene rings is 2. The lowest BCUT2D eigenvalue weighted by Gasteiger charge is -2.08. The number of nitro groups is 1. The molecule has 30 heavy (non-hydrogen) atoms. The van der Waals surface area contributed by atoms with Crippen LogP contribution in [0.3, 0.4) is 0 Å². The van der Waals surface area contributed by atoms with Gasteiger partial charge in [0.15, 0.2) is 4.32 Å². The zero-order valence-corrected chi connectivity index (χ0v) is 17.5. The number of thiocarbonyl (C=S) groups is 1. The number of carbonyl (C=O) groups excluding carboxylic acids is 1. The molecule has 2 aromatic carbocycles. The van der Waals surface area contributed by atoms with Gasteiger partial charge in [0.1, 0.15) is 16.6 Å². The lowest BCUT2D eigenvalue weighted by atomic mass is 10.2. The second kappa shape index (κ2) is 8.16. The molecule has 0 aliphatic carbocycles. The lowest BCUT2D eigenvalue weighted by Crippen LogP contribution is -2.22. The standard InChI is InChI=1S/C20H10N4O3S3/c21-10-13(18-22-15-3-1-2-4-16(15)29-18)11-23-19(25)17(30-20(23)28)9-12-5-7-14(8-6-12)24(26)27/h1-9,11H/b13-11-,17-9-. The maximum atomic E-state index is 12.8. The minimum absolute atomic E-state index is 0.0304. The van der Waals surface area contributed by atoms with Gasteiger partial charge in [0.2, 0.25) is 0 Å². The molecule has 1 aliphatic heterocycles. The molecule has 1 amide bonds. The molecule has 10 heteroatoms. The number of nitriles is 1. The van der Waals surface area contributed by atoms with E-state index in [4.69, 9.17) is 12.2 Å². The smallest absolute Gasteiger partial charge is 0.268 e. The Hall–Kier alpha value is -3.39. The first-order chi connectivity index (χ1) is 14.5. The summed E-state index contributed by atoms with van der Waals surface area (Å²) in [5, 5.41) is 20.9. The van der Waals surface area contributed by atoms with E-state index in [0.717, 1.165) is 22.0 Å². The molecule has 3 aromatic rings. The molecule has 4 rings (SSSR count). The van der Waals surface area contributed by atoms with E-state index in [0.29, 0.717) is 19.8 Å². The summed E-state index contributed by atoms with van der Waals surface area (Å²) < 4.78 is 1.24. The summed E-state index contributed by atoms with van der Waals surface area (Å²) in [6.07, 6.45) is 3.02. The quantitative estimate of drug-likeness (QED) is 0.182. The van der Waals surface area contributed by atoms with Crippen LogP contribution in [0.4, 0.5) is 5.69 Å². The van der Waals surface area contributed by atoms with Crippen LogP contribution in [0.25, 0.3) is 21.9 Å². The van der Waals surface area contributed by atoms with Gasteiger partial charge in [0.05, 0.1) is 20.0 Å². The number of hydrogen-bond acceptors (Lipinski definition) is 8. The SMILES string of the molecule is N#C/C(=C/N1C(=O)/C(=C/c2ccc([N+](=O)[O-])cc2)SC1=S)c1nc2ccccc2s1. The van der Waals surface area contributed by atoms with Gasteiger partial charge in [-0.05, 0) is 35.9 Å². The molecule has 2 heterocycles. The molecule has 0 bridgehead atoms. The van der Waals surface area contributed by atoms with Crippen molar-refractivity contribution in [3.05, 3.63) is 80.3 Å². The van der Waals surface area contributed by atoms with E-state index in [1.54, 1.807) is 18.2 Å². The van der Waals surface area contributed by atoms with Crippen molar-refractivity contribution in [2.24, 2.45) is 0 Å². The Bertz CT molecular complexity index is 1270. The third kappa shape index (κ3) is 3.86. The first-order valence-electron chi connectivity index (χ1n) is 8.45. The molecule has 1 fully saturated rings. The molecule has 0 radical (unpaired) electrons. The highest BCUT2D eigenvalue weighted by Crippen LogP contribution is 2.35. The van der Waals surface area contributed by atoms with Crippen LogP contribution in [0.1, 0.15) is 10.6 Å². The fraction of sp³-hybridized carbons (Fsp3) is 0. The number of nitrogens with zero attached hydrogens (tertiary/aromatic N) is 4. The average molecular weight is 451 g/mol. The van der Waals surface area contributed by atoms with Crippen LogP contribution >= 0.6 is 35.3 Å². The Balaban J connectivity index is 1.63. The highest BCUT2D eigenvalue weighted by Gasteiger charge is 2.31. The van der Waals surface area contributed by atoms with E-state index < -0.39 is 4.92 Å². The van der Waals surface area contributed by atoms with Gasteiger partial charge in [0, 0.05) is 18.3 Å². The normalized spacial score (nSPS) is 15.8. The highest BCUT2D eigenvalue weighted by atomic mass is 32.2. The Morgan fingerprint density at radius 2 is 1.97 bits per heavy atom. The fourth-order valence-corrected chi connectivity index (χ4v) is 4.82. The lowest BCUT2D eigenvalue weighted by molar-refractivity contribution is -0.384. The zero-order chi connectivity index (χ0) is 21.3. The monoisotopic (exact) mass is 450 g/mol. The maximum Gasteiger partial charge on any atom is 0.270 e. The minimum Gasteiger partial charge on any atom is -0.268 e. The van der Waals surface area contributed by atoms with Crippen LogP contribution in [-0.2, 0) is 4.79 Å². The van der Waals surface area contributed by atoms with Gasteiger partial charge in [-0.1, -0.05) is 36.1 Å². The van der Waals surface area contributed by atoms with Crippen LogP contribution in [0, 0.1) is 21.4 Å². The number of fused-ring (bicyclic) bond motifs is 1. The Kier molecular flexibility index (Phi) is 5.41. The number of amides is 1. The second-order valence-corrected chi connectivity index (χ2v) is 8.75. The number of carbonyl (C=O) groups is 1. The average Bonchev–Trinajstić information content (AvgIpc) is 3.28. The van der Waals surface area contributed by atoms with Crippen molar-refractivity contribution in [3.63, 3.8) is 0 Å². The molecule has 0 spiro atoms. The predicted octanol–water partition coefficient (Wildman–Crippen LogP) is 4.97. The summed E-state index contributed by atoms with van der Waals surface area (Å²) in [4.78, 5) is 29.2. The summed E-state index contributed by atoms with van der Waals surface area (Å²) in [6.45, 7) is 0. The Morgan fingerprint density at radius 3 is 2.63 bits per heavy atom. The van der Waals surface area contributed by atoms with Crippen LogP contribution in [0.5, 0.6) is 0 Å². The van der Waals surface area contributed by atoms with Crippen LogP contribution in [0.15, 0.2) is 59.6 Å². The number of nitro benzene ring substituents is 1. The number of aromatic nitrogens is 1. The third-order valence-electron chi connectivity index (χ3n) is 4.13. The summed E-state index contributed by atoms with van der Waals surface area (Å²) in [5.74, 6) is -0.364. The second-order valence-electron chi connectivity index (χ2n) is 6.04. The number of non-ortho nitro benzene ring substituents is 1. The van der Waals surface area contributed by atoms with Crippen molar-refractivity contribution >= 4 is 73.1 Å². The number of hydrogen-bond donors (Lipinski definition) is 0. The fourth-order valence-electron chi connectivity index (χ4n) is 2.68. The van der Waals surface area contributed by atoms with Gasteiger partial charge in [-0.15, -0.1) is 11.3 Å². The largest absolute Gasteiger partial charge is 0.270 e. The topological polar surface area (TPSA) is 100 Å². The predicted molar refractivity (Wildman–Crippen MR) is 121 cm³/mol. The van der Waals surface area contributed by atoms with Gasteiger partial charge in [-0.3, -0.25) is 19.8 Å². The van der Waals surface area contributed by atoms with Gasteiger partial charge in [-0.25, -0.2) is 4.98 Å². The van der Waals surface area contributed by atoms with Crippen molar-refractivity contribution in [1.82, 2.24) is 9.88 Å². The van der Waals surface area contributed by atoms with Gasteiger partial charge < -0.3 is 0 Å². The van der Waals surface area contributed by atoms with Crippen molar-refractivity contribution in [2.75, 3.05) is 0 Å². The first-order valence-corrected chi connectivity index (χ1v) is 10.5. The first kappa shape index (κ1) is 19.9. The van der Waals surface area contributed by atoms with Crippen LogP contribution < -0.4 is 0 Å². The summed E-state index contributed by atoms with van der Waals surface area (Å²) in [6, 6.07) is 15.5. The summed E-state index contributed by atoms with van der Waals surface area (Å²) in [5.41, 5.74) is 1.63. The Labute approximate surface area is 184 Å². The molecule has 0 N–H and O–H groups in total. The molecule has 0 atom stereocenters. The molecule has 0 saturated carbocycles. The van der Waals surface area contributed by atoms with Crippen LogP contribution in [-0.4, -0.2) is 25.0 Å².